The van der Waals surface area contributed by atoms with Crippen molar-refractivity contribution < 1.29 is 5.11 Å². The summed E-state index contributed by atoms with van der Waals surface area (Å²) >= 11 is 0. The monoisotopic (exact) mass is 249 g/mol. The third-order valence-electron chi connectivity index (χ3n) is 2.63. The number of hydrogen-bond donors (Lipinski definition) is 2. The minimum atomic E-state index is -0.800. The lowest BCUT2D eigenvalue weighted by molar-refractivity contribution is 0.0874. The molecule has 0 unspecified atom stereocenters. The lowest BCUT2D eigenvalue weighted by Crippen LogP contribution is -2.39. The quantitative estimate of drug-likeness (QED) is 0.842. The topological polar surface area (TPSA) is 79.7 Å². The molecule has 3 N–H and O–H groups in total. The largest absolute Gasteiger partial charge is 0.389 e. The van der Waals surface area contributed by atoms with Gasteiger partial charge in [-0.05, 0) is 20.8 Å². The molecule has 2 rings (SSSR count). The third-order valence-corrected chi connectivity index (χ3v) is 2.63. The van der Waals surface area contributed by atoms with Gasteiger partial charge in [-0.3, -0.25) is 0 Å². The van der Waals surface area contributed by atoms with Gasteiger partial charge < -0.3 is 20.1 Å². The molecule has 2 aromatic rings. The first-order valence-corrected chi connectivity index (χ1v) is 5.97. The molecule has 2 heterocycles. The van der Waals surface area contributed by atoms with Crippen molar-refractivity contribution in [3.05, 3.63) is 18.6 Å². The second kappa shape index (κ2) is 4.45. The van der Waals surface area contributed by atoms with Crippen LogP contribution in [0.25, 0.3) is 5.65 Å². The van der Waals surface area contributed by atoms with Crippen LogP contribution < -0.4 is 10.6 Å². The van der Waals surface area contributed by atoms with Crippen LogP contribution in [-0.2, 0) is 0 Å². The molecule has 2 aromatic heterocycles. The van der Waals surface area contributed by atoms with E-state index in [9.17, 15) is 5.11 Å². The number of nitrogen functional groups attached to an aromatic ring is 1. The molecule has 0 radical (unpaired) electrons. The maximum Gasteiger partial charge on any atom is 0.180 e. The molecule has 0 aliphatic heterocycles. The Labute approximate surface area is 106 Å². The van der Waals surface area contributed by atoms with Crippen LogP contribution >= 0.6 is 0 Å². The molecule has 0 aromatic carbocycles. The van der Waals surface area contributed by atoms with E-state index < -0.39 is 5.60 Å². The van der Waals surface area contributed by atoms with E-state index in [0.29, 0.717) is 18.2 Å². The van der Waals surface area contributed by atoms with Crippen molar-refractivity contribution in [2.45, 2.75) is 26.4 Å². The highest BCUT2D eigenvalue weighted by Gasteiger charge is 2.21. The van der Waals surface area contributed by atoms with E-state index in [1.54, 1.807) is 26.2 Å². The van der Waals surface area contributed by atoms with Crippen LogP contribution in [0.4, 0.5) is 11.6 Å². The second-order valence-corrected chi connectivity index (χ2v) is 4.97. The molecule has 0 saturated carbocycles. The number of anilines is 2. The zero-order valence-electron chi connectivity index (χ0n) is 11.0. The van der Waals surface area contributed by atoms with E-state index in [0.717, 1.165) is 12.2 Å². The number of rotatable bonds is 4. The van der Waals surface area contributed by atoms with Gasteiger partial charge in [0.05, 0.1) is 11.8 Å². The standard InChI is InChI=1S/C12H19N5O/c1-4-16(8-12(2,3)18)11-10-14-5-6-17(10)7-9(13)15-11/h5-7,18H,4,8,13H2,1-3H3. The van der Waals surface area contributed by atoms with Crippen LogP contribution in [0.1, 0.15) is 20.8 Å². The molecule has 18 heavy (non-hydrogen) atoms. The number of fused-ring (bicyclic) bond motifs is 1. The van der Waals surface area contributed by atoms with Gasteiger partial charge >= 0.3 is 0 Å². The summed E-state index contributed by atoms with van der Waals surface area (Å²) in [6.45, 7) is 6.75. The number of aromatic nitrogens is 3. The predicted molar refractivity (Wildman–Crippen MR) is 71.6 cm³/mol. The summed E-state index contributed by atoms with van der Waals surface area (Å²) in [5.74, 6) is 1.13. The zero-order valence-corrected chi connectivity index (χ0v) is 11.0. The van der Waals surface area contributed by atoms with Crippen LogP contribution in [0.3, 0.4) is 0 Å². The Hall–Kier alpha value is -1.82. The third kappa shape index (κ3) is 2.53. The fourth-order valence-corrected chi connectivity index (χ4v) is 1.95. The Morgan fingerprint density at radius 2 is 2.22 bits per heavy atom. The molecule has 6 nitrogen and oxygen atoms in total. The maximum absolute atomic E-state index is 9.94. The number of aliphatic hydroxyl groups is 1. The zero-order chi connectivity index (χ0) is 13.3. The van der Waals surface area contributed by atoms with E-state index >= 15 is 0 Å². The number of imidazole rings is 1. The molecule has 98 valence electrons. The van der Waals surface area contributed by atoms with Gasteiger partial charge in [-0.15, -0.1) is 0 Å². The van der Waals surface area contributed by atoms with Gasteiger partial charge in [0.25, 0.3) is 0 Å². The minimum Gasteiger partial charge on any atom is -0.389 e. The van der Waals surface area contributed by atoms with Gasteiger partial charge in [-0.1, -0.05) is 0 Å². The Bertz CT molecular complexity index is 543. The van der Waals surface area contributed by atoms with Crippen molar-refractivity contribution in [1.82, 2.24) is 14.4 Å². The normalized spacial score (nSPS) is 12.0. The maximum atomic E-state index is 9.94. The van der Waals surface area contributed by atoms with E-state index in [-0.39, 0.29) is 0 Å². The summed E-state index contributed by atoms with van der Waals surface area (Å²) in [7, 11) is 0. The molecule has 0 atom stereocenters. The molecule has 0 amide bonds. The van der Waals surface area contributed by atoms with Crippen LogP contribution in [-0.4, -0.2) is 38.2 Å². The van der Waals surface area contributed by atoms with Crippen LogP contribution in [0.5, 0.6) is 0 Å². The SMILES string of the molecule is CCN(CC(C)(C)O)c1nc(N)cn2ccnc12. The lowest BCUT2D eigenvalue weighted by atomic mass is 10.1. The van der Waals surface area contributed by atoms with E-state index in [1.807, 2.05) is 22.4 Å². The van der Waals surface area contributed by atoms with Gasteiger partial charge in [0.1, 0.15) is 5.82 Å². The smallest absolute Gasteiger partial charge is 0.180 e. The fraction of sp³-hybridized carbons (Fsp3) is 0.500. The fourth-order valence-electron chi connectivity index (χ4n) is 1.95. The average Bonchev–Trinajstić information content (AvgIpc) is 2.71. The van der Waals surface area contributed by atoms with Crippen LogP contribution in [0.15, 0.2) is 18.6 Å². The second-order valence-electron chi connectivity index (χ2n) is 4.97. The van der Waals surface area contributed by atoms with Crippen molar-refractivity contribution in [3.8, 4) is 0 Å². The van der Waals surface area contributed by atoms with Crippen molar-refractivity contribution in [3.63, 3.8) is 0 Å². The molecule has 6 heteroatoms. The van der Waals surface area contributed by atoms with Gasteiger partial charge in [0, 0.05) is 25.5 Å². The van der Waals surface area contributed by atoms with Crippen molar-refractivity contribution in [2.75, 3.05) is 23.7 Å². The summed E-state index contributed by atoms with van der Waals surface area (Å²) in [5.41, 5.74) is 5.74. The molecule has 0 aliphatic carbocycles. The average molecular weight is 249 g/mol. The molecule has 0 bridgehead atoms. The molecule has 0 saturated heterocycles. The Kier molecular flexibility index (Phi) is 3.13. The molecule has 0 spiro atoms. The highest BCUT2D eigenvalue weighted by Crippen LogP contribution is 2.21. The predicted octanol–water partition coefficient (Wildman–Crippen LogP) is 0.909. The van der Waals surface area contributed by atoms with Crippen molar-refractivity contribution >= 4 is 17.3 Å². The highest BCUT2D eigenvalue weighted by molar-refractivity contribution is 5.66. The van der Waals surface area contributed by atoms with Gasteiger partial charge in [0.2, 0.25) is 0 Å². The molecular formula is C12H19N5O. The lowest BCUT2D eigenvalue weighted by Gasteiger charge is -2.29. The first-order chi connectivity index (χ1) is 8.40. The summed E-state index contributed by atoms with van der Waals surface area (Å²) in [6, 6.07) is 0. The molecular weight excluding hydrogens is 230 g/mol. The van der Waals surface area contributed by atoms with E-state index in [4.69, 9.17) is 5.73 Å². The number of hydrogen-bond acceptors (Lipinski definition) is 5. The highest BCUT2D eigenvalue weighted by atomic mass is 16.3. The van der Waals surface area contributed by atoms with Gasteiger partial charge in [0.15, 0.2) is 11.5 Å². The summed E-state index contributed by atoms with van der Waals surface area (Å²) in [5, 5.41) is 9.94. The van der Waals surface area contributed by atoms with Crippen molar-refractivity contribution in [1.29, 1.82) is 0 Å². The summed E-state index contributed by atoms with van der Waals surface area (Å²) in [4.78, 5) is 10.6. The van der Waals surface area contributed by atoms with Crippen molar-refractivity contribution in [2.24, 2.45) is 0 Å². The Balaban J connectivity index is 2.47. The summed E-state index contributed by atoms with van der Waals surface area (Å²) < 4.78 is 1.84. The van der Waals surface area contributed by atoms with Crippen LogP contribution in [0, 0.1) is 0 Å². The van der Waals surface area contributed by atoms with E-state index in [1.165, 1.54) is 0 Å². The molecule has 0 fully saturated rings. The Morgan fingerprint density at radius 1 is 1.50 bits per heavy atom. The number of likely N-dealkylation sites (N-methyl/N-ethyl adjacent to an activating group) is 1. The number of nitrogens with zero attached hydrogens (tertiary/aromatic N) is 4. The van der Waals surface area contributed by atoms with E-state index in [2.05, 4.69) is 9.97 Å². The van der Waals surface area contributed by atoms with Crippen LogP contribution in [0.2, 0.25) is 0 Å². The minimum absolute atomic E-state index is 0.435. The molecule has 0 aliphatic rings. The van der Waals surface area contributed by atoms with Gasteiger partial charge in [-0.25, -0.2) is 9.97 Å². The summed E-state index contributed by atoms with van der Waals surface area (Å²) in [6.07, 6.45) is 5.26. The first kappa shape index (κ1) is 12.6. The number of nitrogens with two attached hydrogens (primary N) is 1. The Morgan fingerprint density at radius 3 is 2.83 bits per heavy atom. The first-order valence-electron chi connectivity index (χ1n) is 5.97. The van der Waals surface area contributed by atoms with Gasteiger partial charge in [-0.2, -0.15) is 0 Å².